The number of hydrogen-bond acceptors (Lipinski definition) is 2. The Kier molecular flexibility index (Phi) is 4.44. The van der Waals surface area contributed by atoms with Crippen molar-refractivity contribution in [1.82, 2.24) is 9.55 Å². The van der Waals surface area contributed by atoms with Crippen molar-refractivity contribution in [3.63, 3.8) is 0 Å². The van der Waals surface area contributed by atoms with Crippen molar-refractivity contribution in [2.24, 2.45) is 0 Å². The number of aldehydes is 1. The third-order valence-electron chi connectivity index (χ3n) is 2.48. The number of rotatable bonds is 2. The second kappa shape index (κ2) is 5.68. The maximum atomic E-state index is 12.7. The molecular weight excluding hydrogens is 375 g/mol. The first-order chi connectivity index (χ1) is 9.66. The molecule has 10 heteroatoms. The number of aromatic nitrogens is 2. The van der Waals surface area contributed by atoms with Gasteiger partial charge in [0.25, 0.3) is 0 Å². The Morgan fingerprint density at radius 1 is 1.10 bits per heavy atom. The van der Waals surface area contributed by atoms with Gasteiger partial charge >= 0.3 is 6.18 Å². The highest BCUT2D eigenvalue weighted by Crippen LogP contribution is 2.39. The monoisotopic (exact) mass is 376 g/mol. The number of alkyl halides is 3. The van der Waals surface area contributed by atoms with Crippen molar-refractivity contribution in [2.75, 3.05) is 0 Å². The Hall–Kier alpha value is -0.950. The molecule has 0 radical (unpaired) electrons. The van der Waals surface area contributed by atoms with Crippen LogP contribution in [0.1, 0.15) is 16.1 Å². The zero-order valence-electron chi connectivity index (χ0n) is 9.68. The lowest BCUT2D eigenvalue weighted by Gasteiger charge is -2.14. The molecule has 0 saturated heterocycles. The van der Waals surface area contributed by atoms with E-state index >= 15 is 0 Å². The second-order valence-corrected chi connectivity index (χ2v) is 5.31. The molecule has 0 spiro atoms. The topological polar surface area (TPSA) is 34.9 Å². The lowest BCUT2D eigenvalue weighted by molar-refractivity contribution is -0.137. The summed E-state index contributed by atoms with van der Waals surface area (Å²) in [5.74, 6) is 0. The number of hydrogen-bond donors (Lipinski definition) is 0. The maximum absolute atomic E-state index is 12.7. The van der Waals surface area contributed by atoms with Crippen LogP contribution in [-0.4, -0.2) is 15.8 Å². The van der Waals surface area contributed by atoms with Crippen molar-refractivity contribution in [1.29, 1.82) is 0 Å². The lowest BCUT2D eigenvalue weighted by atomic mass is 10.2. The van der Waals surface area contributed by atoms with Crippen LogP contribution >= 0.6 is 46.4 Å². The van der Waals surface area contributed by atoms with E-state index in [1.165, 1.54) is 0 Å². The Labute approximate surface area is 136 Å². The summed E-state index contributed by atoms with van der Waals surface area (Å²) in [6.45, 7) is 0. The average Bonchev–Trinajstić information content (AvgIpc) is 2.64. The summed E-state index contributed by atoms with van der Waals surface area (Å²) in [6.07, 6.45) is -4.26. The minimum Gasteiger partial charge on any atom is -0.296 e. The first-order valence-electron chi connectivity index (χ1n) is 5.12. The largest absolute Gasteiger partial charge is 0.416 e. The summed E-state index contributed by atoms with van der Waals surface area (Å²) >= 11 is 23.4. The SMILES string of the molecule is O=Cc1nc(Cl)n(-c2c(Cl)cc(C(F)(F)F)cc2Cl)c1Cl. The number of carbonyl (C=O) groups excluding carboxylic acids is 1. The first-order valence-corrected chi connectivity index (χ1v) is 6.63. The van der Waals surface area contributed by atoms with E-state index < -0.39 is 11.7 Å². The molecule has 1 aromatic carbocycles. The summed E-state index contributed by atoms with van der Waals surface area (Å²) in [4.78, 5) is 14.4. The molecule has 0 fully saturated rings. The van der Waals surface area contributed by atoms with E-state index in [0.717, 1.165) is 4.57 Å². The van der Waals surface area contributed by atoms with Crippen LogP contribution in [-0.2, 0) is 6.18 Å². The number of halogens is 7. The van der Waals surface area contributed by atoms with Gasteiger partial charge < -0.3 is 0 Å². The van der Waals surface area contributed by atoms with Gasteiger partial charge in [-0.15, -0.1) is 0 Å². The molecule has 0 aliphatic heterocycles. The Morgan fingerprint density at radius 3 is 2.00 bits per heavy atom. The summed E-state index contributed by atoms with van der Waals surface area (Å²) in [5, 5.41) is -1.15. The fourth-order valence-electron chi connectivity index (χ4n) is 1.60. The molecule has 0 saturated carbocycles. The second-order valence-electron chi connectivity index (χ2n) is 3.80. The third-order valence-corrected chi connectivity index (χ3v) is 3.68. The predicted molar refractivity (Wildman–Crippen MR) is 74.0 cm³/mol. The zero-order chi connectivity index (χ0) is 15.9. The quantitative estimate of drug-likeness (QED) is 0.664. The van der Waals surface area contributed by atoms with Gasteiger partial charge in [-0.1, -0.05) is 34.8 Å². The lowest BCUT2D eigenvalue weighted by Crippen LogP contribution is -2.07. The summed E-state index contributed by atoms with van der Waals surface area (Å²) in [5.41, 5.74) is -1.31. The van der Waals surface area contributed by atoms with Gasteiger partial charge in [-0.25, -0.2) is 4.98 Å². The van der Waals surface area contributed by atoms with Crippen LogP contribution in [0.5, 0.6) is 0 Å². The molecule has 0 bridgehead atoms. The molecule has 0 amide bonds. The highest BCUT2D eigenvalue weighted by atomic mass is 35.5. The molecule has 3 nitrogen and oxygen atoms in total. The van der Waals surface area contributed by atoms with Gasteiger partial charge in [-0.05, 0) is 23.7 Å². The van der Waals surface area contributed by atoms with Crippen LogP contribution in [0.15, 0.2) is 12.1 Å². The van der Waals surface area contributed by atoms with Gasteiger partial charge in [0, 0.05) is 0 Å². The van der Waals surface area contributed by atoms with Crippen LogP contribution in [0.2, 0.25) is 20.5 Å². The van der Waals surface area contributed by atoms with E-state index in [0.29, 0.717) is 18.4 Å². The molecule has 0 aliphatic carbocycles. The van der Waals surface area contributed by atoms with E-state index in [1.807, 2.05) is 0 Å². The standard InChI is InChI=1S/C11H3Cl4F3N2O/c12-5-1-4(11(16,17)18)2-6(13)8(5)20-9(14)7(3-21)19-10(20)15/h1-3H. The normalized spacial score (nSPS) is 11.8. The zero-order valence-corrected chi connectivity index (χ0v) is 12.7. The maximum Gasteiger partial charge on any atom is 0.416 e. The van der Waals surface area contributed by atoms with Crippen molar-refractivity contribution >= 4 is 52.7 Å². The van der Waals surface area contributed by atoms with Crippen molar-refractivity contribution in [2.45, 2.75) is 6.18 Å². The molecule has 2 aromatic rings. The number of carbonyl (C=O) groups is 1. The van der Waals surface area contributed by atoms with Crippen LogP contribution in [0, 0.1) is 0 Å². The number of benzene rings is 1. The highest BCUT2D eigenvalue weighted by Gasteiger charge is 2.32. The van der Waals surface area contributed by atoms with Gasteiger partial charge in [-0.2, -0.15) is 13.2 Å². The van der Waals surface area contributed by atoms with Crippen LogP contribution < -0.4 is 0 Å². The third kappa shape index (κ3) is 2.99. The fourth-order valence-corrected chi connectivity index (χ4v) is 2.81. The molecule has 0 N–H and O–H groups in total. The number of imidazole rings is 1. The smallest absolute Gasteiger partial charge is 0.296 e. The summed E-state index contributed by atoms with van der Waals surface area (Å²) in [7, 11) is 0. The van der Waals surface area contributed by atoms with E-state index in [2.05, 4.69) is 4.98 Å². The van der Waals surface area contributed by atoms with E-state index in [4.69, 9.17) is 46.4 Å². The van der Waals surface area contributed by atoms with Gasteiger partial charge in [0.15, 0.2) is 6.29 Å². The van der Waals surface area contributed by atoms with Crippen molar-refractivity contribution < 1.29 is 18.0 Å². The first kappa shape index (κ1) is 16.4. The minimum atomic E-state index is -4.61. The molecule has 21 heavy (non-hydrogen) atoms. The summed E-state index contributed by atoms with van der Waals surface area (Å²) in [6, 6.07) is 1.35. The van der Waals surface area contributed by atoms with E-state index in [-0.39, 0.29) is 31.9 Å². The van der Waals surface area contributed by atoms with E-state index in [9.17, 15) is 18.0 Å². The van der Waals surface area contributed by atoms with Crippen molar-refractivity contribution in [3.05, 3.63) is 43.9 Å². The summed E-state index contributed by atoms with van der Waals surface area (Å²) < 4.78 is 39.0. The van der Waals surface area contributed by atoms with Crippen molar-refractivity contribution in [3.8, 4) is 5.69 Å². The van der Waals surface area contributed by atoms with Gasteiger partial charge in [0.1, 0.15) is 10.8 Å². The molecule has 0 unspecified atom stereocenters. The molecule has 2 rings (SSSR count). The molecule has 112 valence electrons. The van der Waals surface area contributed by atoms with Crippen LogP contribution in [0.4, 0.5) is 13.2 Å². The highest BCUT2D eigenvalue weighted by molar-refractivity contribution is 6.39. The van der Waals surface area contributed by atoms with Gasteiger partial charge in [0.05, 0.1) is 21.3 Å². The van der Waals surface area contributed by atoms with Gasteiger partial charge in [-0.3, -0.25) is 9.36 Å². The van der Waals surface area contributed by atoms with Crippen LogP contribution in [0.3, 0.4) is 0 Å². The fraction of sp³-hybridized carbons (Fsp3) is 0.0909. The Bertz CT molecular complexity index is 704. The Balaban J connectivity index is 2.72. The molecule has 1 heterocycles. The average molecular weight is 378 g/mol. The molecule has 0 atom stereocenters. The van der Waals surface area contributed by atoms with Crippen LogP contribution in [0.25, 0.3) is 5.69 Å². The predicted octanol–water partition coefficient (Wildman–Crippen LogP) is 5.32. The number of nitrogens with zero attached hydrogens (tertiary/aromatic N) is 2. The molecule has 1 aromatic heterocycles. The van der Waals surface area contributed by atoms with Gasteiger partial charge in [0.2, 0.25) is 5.28 Å². The molecule has 0 aliphatic rings. The Morgan fingerprint density at radius 2 is 1.62 bits per heavy atom. The molecular formula is C11H3Cl4F3N2O. The van der Waals surface area contributed by atoms with E-state index in [1.54, 1.807) is 0 Å². The minimum absolute atomic E-state index is 0.0954.